The van der Waals surface area contributed by atoms with E-state index in [0.717, 1.165) is 32.1 Å². The number of carbonyl (C=O) groups excluding carboxylic acids is 1. The van der Waals surface area contributed by atoms with Crippen LogP contribution in [0.15, 0.2) is 28.8 Å². The number of halogens is 2. The van der Waals surface area contributed by atoms with E-state index in [1.165, 1.54) is 5.56 Å². The number of hydrogen-bond donors (Lipinski definition) is 0. The molecule has 0 aliphatic carbocycles. The molecule has 0 fully saturated rings. The van der Waals surface area contributed by atoms with Crippen LogP contribution in [0, 0.1) is 0 Å². The molecule has 0 saturated carbocycles. The summed E-state index contributed by atoms with van der Waals surface area (Å²) in [6.45, 7) is 2.09. The van der Waals surface area contributed by atoms with Crippen molar-refractivity contribution in [3.8, 4) is 0 Å². The van der Waals surface area contributed by atoms with Crippen molar-refractivity contribution in [2.75, 3.05) is 6.61 Å². The van der Waals surface area contributed by atoms with E-state index in [1.807, 2.05) is 18.2 Å². The third-order valence-electron chi connectivity index (χ3n) is 3.42. The summed E-state index contributed by atoms with van der Waals surface area (Å²) in [5.41, 5.74) is 1.42. The molecule has 1 aromatic heterocycles. The molecule has 4 nitrogen and oxygen atoms in total. The number of ether oxygens (including phenoxy) is 1. The molecule has 0 atom stereocenters. The van der Waals surface area contributed by atoms with Crippen LogP contribution in [0.3, 0.4) is 0 Å². The maximum Gasteiger partial charge on any atom is 0.360 e. The lowest BCUT2D eigenvalue weighted by molar-refractivity contribution is 0.0514. The van der Waals surface area contributed by atoms with Crippen LogP contribution in [0.1, 0.15) is 48.0 Å². The summed E-state index contributed by atoms with van der Waals surface area (Å²) in [6.07, 6.45) is 4.79. The molecule has 6 heteroatoms. The molecule has 1 heterocycles. The fourth-order valence-corrected chi connectivity index (χ4v) is 2.55. The van der Waals surface area contributed by atoms with E-state index >= 15 is 0 Å². The minimum atomic E-state index is -0.442. The van der Waals surface area contributed by atoms with Gasteiger partial charge in [0.25, 0.3) is 0 Å². The van der Waals surface area contributed by atoms with E-state index in [4.69, 9.17) is 32.5 Å². The van der Waals surface area contributed by atoms with E-state index in [1.54, 1.807) is 13.0 Å². The fraction of sp³-hybridized carbons (Fsp3) is 0.412. The van der Waals surface area contributed by atoms with Crippen molar-refractivity contribution in [1.82, 2.24) is 5.16 Å². The highest BCUT2D eigenvalue weighted by molar-refractivity contribution is 6.42. The molecule has 0 bridgehead atoms. The second kappa shape index (κ2) is 8.94. The molecular weight excluding hydrogens is 337 g/mol. The van der Waals surface area contributed by atoms with Crippen molar-refractivity contribution < 1.29 is 14.1 Å². The lowest BCUT2D eigenvalue weighted by Gasteiger charge is -2.03. The van der Waals surface area contributed by atoms with Gasteiger partial charge in [-0.3, -0.25) is 0 Å². The Bertz CT molecular complexity index is 655. The SMILES string of the molecule is CCOC(=O)c1cc(CCCCCc2ccc(Cl)c(Cl)c2)on1. The molecule has 0 radical (unpaired) electrons. The van der Waals surface area contributed by atoms with Crippen LogP contribution in [0.4, 0.5) is 0 Å². The van der Waals surface area contributed by atoms with Gasteiger partial charge < -0.3 is 9.26 Å². The van der Waals surface area contributed by atoms with Crippen LogP contribution in [-0.4, -0.2) is 17.7 Å². The number of unbranched alkanes of at least 4 members (excludes halogenated alkanes) is 2. The maximum absolute atomic E-state index is 11.5. The Morgan fingerprint density at radius 3 is 2.65 bits per heavy atom. The Labute approximate surface area is 145 Å². The third-order valence-corrected chi connectivity index (χ3v) is 4.16. The molecule has 2 aromatic rings. The first-order chi connectivity index (χ1) is 11.1. The molecular formula is C17H19Cl2NO3. The van der Waals surface area contributed by atoms with Gasteiger partial charge in [-0.1, -0.05) is 40.8 Å². The van der Waals surface area contributed by atoms with Crippen LogP contribution in [0.2, 0.25) is 10.0 Å². The lowest BCUT2D eigenvalue weighted by Crippen LogP contribution is -2.04. The number of carbonyl (C=O) groups is 1. The smallest absolute Gasteiger partial charge is 0.360 e. The quantitative estimate of drug-likeness (QED) is 0.487. The Kier molecular flexibility index (Phi) is 6.93. The topological polar surface area (TPSA) is 52.3 Å². The summed E-state index contributed by atoms with van der Waals surface area (Å²) in [5.74, 6) is 0.268. The highest BCUT2D eigenvalue weighted by Gasteiger charge is 2.12. The molecule has 0 amide bonds. The van der Waals surface area contributed by atoms with Crippen LogP contribution < -0.4 is 0 Å². The summed E-state index contributed by atoms with van der Waals surface area (Å²) in [6, 6.07) is 7.38. The number of aromatic nitrogens is 1. The number of aryl methyl sites for hydroxylation is 2. The first-order valence-corrected chi connectivity index (χ1v) is 8.42. The fourth-order valence-electron chi connectivity index (χ4n) is 2.23. The minimum Gasteiger partial charge on any atom is -0.461 e. The first kappa shape index (κ1) is 17.8. The van der Waals surface area contributed by atoms with E-state index in [9.17, 15) is 4.79 Å². The molecule has 0 spiro atoms. The second-order valence-electron chi connectivity index (χ2n) is 5.21. The van der Waals surface area contributed by atoms with Gasteiger partial charge in [0.15, 0.2) is 5.69 Å². The standard InChI is InChI=1S/C17H19Cl2NO3/c1-2-22-17(21)16-11-13(23-20-16)7-5-3-4-6-12-8-9-14(18)15(19)10-12/h8-11H,2-7H2,1H3. The number of hydrogen-bond acceptors (Lipinski definition) is 4. The monoisotopic (exact) mass is 355 g/mol. The zero-order valence-corrected chi connectivity index (χ0v) is 14.5. The van der Waals surface area contributed by atoms with Crippen molar-refractivity contribution in [2.24, 2.45) is 0 Å². The summed E-state index contributed by atoms with van der Waals surface area (Å²) >= 11 is 11.9. The van der Waals surface area contributed by atoms with Gasteiger partial charge in [-0.05, 0) is 43.9 Å². The molecule has 124 valence electrons. The number of nitrogens with zero attached hydrogens (tertiary/aromatic N) is 1. The summed E-state index contributed by atoms with van der Waals surface area (Å²) in [4.78, 5) is 11.5. The second-order valence-corrected chi connectivity index (χ2v) is 6.02. The van der Waals surface area contributed by atoms with Crippen molar-refractivity contribution in [3.63, 3.8) is 0 Å². The minimum absolute atomic E-state index is 0.234. The average molecular weight is 356 g/mol. The van der Waals surface area contributed by atoms with Gasteiger partial charge in [-0.2, -0.15) is 0 Å². The molecule has 0 unspecified atom stereocenters. The summed E-state index contributed by atoms with van der Waals surface area (Å²) in [7, 11) is 0. The van der Waals surface area contributed by atoms with E-state index in [0.29, 0.717) is 22.4 Å². The van der Waals surface area contributed by atoms with Crippen molar-refractivity contribution in [3.05, 3.63) is 51.3 Å². The highest BCUT2D eigenvalue weighted by Crippen LogP contribution is 2.23. The molecule has 0 aliphatic rings. The van der Waals surface area contributed by atoms with E-state index < -0.39 is 5.97 Å². The van der Waals surface area contributed by atoms with Gasteiger partial charge in [-0.25, -0.2) is 4.79 Å². The van der Waals surface area contributed by atoms with Crippen LogP contribution in [-0.2, 0) is 17.6 Å². The van der Waals surface area contributed by atoms with Crippen LogP contribution >= 0.6 is 23.2 Å². The predicted octanol–water partition coefficient (Wildman–Crippen LogP) is 5.11. The molecule has 1 aromatic carbocycles. The molecule has 0 N–H and O–H groups in total. The van der Waals surface area contributed by atoms with Gasteiger partial charge in [-0.15, -0.1) is 0 Å². The molecule has 0 aliphatic heterocycles. The summed E-state index contributed by atoms with van der Waals surface area (Å²) in [5, 5.41) is 4.90. The number of esters is 1. The van der Waals surface area contributed by atoms with E-state index in [2.05, 4.69) is 5.16 Å². The highest BCUT2D eigenvalue weighted by atomic mass is 35.5. The Balaban J connectivity index is 1.69. The Morgan fingerprint density at radius 1 is 1.13 bits per heavy atom. The Morgan fingerprint density at radius 2 is 1.91 bits per heavy atom. The largest absolute Gasteiger partial charge is 0.461 e. The van der Waals surface area contributed by atoms with Gasteiger partial charge >= 0.3 is 5.97 Å². The predicted molar refractivity (Wildman–Crippen MR) is 90.2 cm³/mol. The van der Waals surface area contributed by atoms with Crippen molar-refractivity contribution in [1.29, 1.82) is 0 Å². The van der Waals surface area contributed by atoms with Crippen molar-refractivity contribution >= 4 is 29.2 Å². The molecule has 0 saturated heterocycles. The normalized spacial score (nSPS) is 10.7. The third kappa shape index (κ3) is 5.56. The Hall–Kier alpha value is -1.52. The number of rotatable bonds is 8. The average Bonchev–Trinajstić information content (AvgIpc) is 3.00. The van der Waals surface area contributed by atoms with Gasteiger partial charge in [0.2, 0.25) is 0 Å². The van der Waals surface area contributed by atoms with Gasteiger partial charge in [0.05, 0.1) is 16.7 Å². The molecule has 2 rings (SSSR count). The van der Waals surface area contributed by atoms with Gasteiger partial charge in [0.1, 0.15) is 5.76 Å². The van der Waals surface area contributed by atoms with Crippen LogP contribution in [0.5, 0.6) is 0 Å². The summed E-state index contributed by atoms with van der Waals surface area (Å²) < 4.78 is 10.0. The maximum atomic E-state index is 11.5. The zero-order valence-electron chi connectivity index (χ0n) is 13.0. The van der Waals surface area contributed by atoms with Gasteiger partial charge in [0, 0.05) is 12.5 Å². The number of benzene rings is 1. The van der Waals surface area contributed by atoms with Crippen molar-refractivity contribution in [2.45, 2.75) is 39.0 Å². The van der Waals surface area contributed by atoms with E-state index in [-0.39, 0.29) is 5.69 Å². The molecule has 23 heavy (non-hydrogen) atoms. The van der Waals surface area contributed by atoms with Crippen LogP contribution in [0.25, 0.3) is 0 Å². The zero-order chi connectivity index (χ0) is 16.7. The lowest BCUT2D eigenvalue weighted by atomic mass is 10.1. The first-order valence-electron chi connectivity index (χ1n) is 7.66.